The minimum atomic E-state index is -0.787. The number of benzene rings is 2. The van der Waals surface area contributed by atoms with Crippen LogP contribution in [0.25, 0.3) is 0 Å². The number of rotatable bonds is 9. The average Bonchev–Trinajstić information content (AvgIpc) is 3.19. The van der Waals surface area contributed by atoms with Crippen LogP contribution in [0.4, 0.5) is 5.69 Å². The van der Waals surface area contributed by atoms with Gasteiger partial charge in [-0.3, -0.25) is 9.59 Å². The molecule has 3 aromatic rings. The van der Waals surface area contributed by atoms with Crippen molar-refractivity contribution >= 4 is 52.5 Å². The SMILES string of the molecule is COc1ccc(C(=O)N[C@@H](CO)c2nnc(SCC(=O)Nc3cccc(Cl)c3Cl)n2C)cc1. The highest BCUT2D eigenvalue weighted by molar-refractivity contribution is 7.99. The molecule has 0 aliphatic rings. The van der Waals surface area contributed by atoms with Crippen LogP contribution in [0.5, 0.6) is 5.75 Å². The van der Waals surface area contributed by atoms with Gasteiger partial charge in [0.15, 0.2) is 11.0 Å². The third-order valence-electron chi connectivity index (χ3n) is 4.58. The highest BCUT2D eigenvalue weighted by Gasteiger charge is 2.22. The fraction of sp³-hybridized carbons (Fsp3) is 0.238. The summed E-state index contributed by atoms with van der Waals surface area (Å²) in [7, 11) is 3.22. The largest absolute Gasteiger partial charge is 0.497 e. The molecular weight excluding hydrogens is 489 g/mol. The predicted molar refractivity (Wildman–Crippen MR) is 127 cm³/mol. The second-order valence-electron chi connectivity index (χ2n) is 6.78. The van der Waals surface area contributed by atoms with E-state index in [1.54, 1.807) is 54.1 Å². The summed E-state index contributed by atoms with van der Waals surface area (Å²) in [4.78, 5) is 24.9. The van der Waals surface area contributed by atoms with Crippen molar-refractivity contribution in [3.63, 3.8) is 0 Å². The van der Waals surface area contributed by atoms with Crippen LogP contribution in [0.3, 0.4) is 0 Å². The third kappa shape index (κ3) is 6.17. The molecule has 0 aliphatic heterocycles. The van der Waals surface area contributed by atoms with E-state index >= 15 is 0 Å². The van der Waals surface area contributed by atoms with E-state index < -0.39 is 6.04 Å². The second kappa shape index (κ2) is 11.4. The molecule has 0 radical (unpaired) electrons. The van der Waals surface area contributed by atoms with Gasteiger partial charge in [0.1, 0.15) is 11.8 Å². The second-order valence-corrected chi connectivity index (χ2v) is 8.50. The van der Waals surface area contributed by atoms with Crippen molar-refractivity contribution in [3.8, 4) is 5.75 Å². The number of ether oxygens (including phenoxy) is 1. The fourth-order valence-corrected chi connectivity index (χ4v) is 3.91. The first kappa shape index (κ1) is 24.8. The normalized spacial score (nSPS) is 11.7. The van der Waals surface area contributed by atoms with E-state index in [0.29, 0.717) is 33.0 Å². The maximum atomic E-state index is 12.5. The van der Waals surface area contributed by atoms with Crippen LogP contribution in [-0.4, -0.2) is 51.2 Å². The van der Waals surface area contributed by atoms with Gasteiger partial charge >= 0.3 is 0 Å². The zero-order valence-electron chi connectivity index (χ0n) is 17.7. The van der Waals surface area contributed by atoms with Gasteiger partial charge in [-0.15, -0.1) is 10.2 Å². The van der Waals surface area contributed by atoms with Gasteiger partial charge < -0.3 is 25.0 Å². The molecule has 2 aromatic carbocycles. The summed E-state index contributed by atoms with van der Waals surface area (Å²) in [6.45, 7) is -0.383. The van der Waals surface area contributed by atoms with Crippen LogP contribution >= 0.6 is 35.0 Å². The molecule has 12 heteroatoms. The van der Waals surface area contributed by atoms with E-state index in [0.717, 1.165) is 11.8 Å². The number of aliphatic hydroxyl groups excluding tert-OH is 1. The molecule has 3 rings (SSSR count). The van der Waals surface area contributed by atoms with Crippen molar-refractivity contribution in [3.05, 3.63) is 63.9 Å². The molecule has 0 bridgehead atoms. The van der Waals surface area contributed by atoms with E-state index in [1.165, 1.54) is 7.11 Å². The van der Waals surface area contributed by atoms with Gasteiger partial charge in [-0.2, -0.15) is 0 Å². The smallest absolute Gasteiger partial charge is 0.251 e. The standard InChI is InChI=1S/C21H21Cl2N5O4S/c1-28-19(16(10-29)25-20(31)12-6-8-13(32-2)9-7-12)26-27-21(28)33-11-17(30)24-15-5-3-4-14(22)18(15)23/h3-9,16,29H,10-11H2,1-2H3,(H,24,30)(H,25,31)/t16-/m0/s1. The minimum absolute atomic E-state index is 0.0385. The Hall–Kier alpha value is -2.79. The molecule has 0 aliphatic carbocycles. The number of carbonyl (C=O) groups excluding carboxylic acids is 2. The van der Waals surface area contributed by atoms with Crippen molar-refractivity contribution < 1.29 is 19.4 Å². The number of halogens is 2. The Kier molecular flexibility index (Phi) is 8.56. The number of aromatic nitrogens is 3. The van der Waals surface area contributed by atoms with Crippen molar-refractivity contribution in [1.29, 1.82) is 0 Å². The summed E-state index contributed by atoms with van der Waals surface area (Å²) in [6.07, 6.45) is 0. The molecule has 1 aromatic heterocycles. The Morgan fingerprint density at radius 3 is 2.58 bits per heavy atom. The number of hydrogen-bond acceptors (Lipinski definition) is 7. The molecule has 9 nitrogen and oxygen atoms in total. The number of amides is 2. The zero-order valence-corrected chi connectivity index (χ0v) is 20.0. The molecule has 33 heavy (non-hydrogen) atoms. The molecule has 1 heterocycles. The lowest BCUT2D eigenvalue weighted by Gasteiger charge is -2.16. The van der Waals surface area contributed by atoms with E-state index in [9.17, 15) is 14.7 Å². The van der Waals surface area contributed by atoms with Crippen LogP contribution < -0.4 is 15.4 Å². The molecule has 0 saturated carbocycles. The third-order valence-corrected chi connectivity index (χ3v) is 6.42. The molecule has 2 amide bonds. The van der Waals surface area contributed by atoms with Gasteiger partial charge in [0.05, 0.1) is 35.2 Å². The highest BCUT2D eigenvalue weighted by Crippen LogP contribution is 2.30. The number of anilines is 1. The number of hydrogen-bond donors (Lipinski definition) is 3. The fourth-order valence-electron chi connectivity index (χ4n) is 2.85. The maximum absolute atomic E-state index is 12.5. The van der Waals surface area contributed by atoms with Crippen LogP contribution in [0.15, 0.2) is 47.6 Å². The quantitative estimate of drug-likeness (QED) is 0.378. The van der Waals surface area contributed by atoms with Crippen molar-refractivity contribution in [2.45, 2.75) is 11.2 Å². The van der Waals surface area contributed by atoms with Crippen molar-refractivity contribution in [2.24, 2.45) is 7.05 Å². The van der Waals surface area contributed by atoms with E-state index in [1.807, 2.05) is 0 Å². The van der Waals surface area contributed by atoms with E-state index in [4.69, 9.17) is 27.9 Å². The molecule has 0 saturated heterocycles. The summed E-state index contributed by atoms with van der Waals surface area (Å²) in [5.74, 6) is 0.325. The number of methoxy groups -OCH3 is 1. The van der Waals surface area contributed by atoms with E-state index in [2.05, 4.69) is 20.8 Å². The summed E-state index contributed by atoms with van der Waals surface area (Å²) in [5.41, 5.74) is 0.817. The maximum Gasteiger partial charge on any atom is 0.251 e. The van der Waals surface area contributed by atoms with Crippen LogP contribution in [-0.2, 0) is 11.8 Å². The van der Waals surface area contributed by atoms with Gasteiger partial charge in [0.2, 0.25) is 5.91 Å². The van der Waals surface area contributed by atoms with Gasteiger partial charge in [0.25, 0.3) is 5.91 Å². The lowest BCUT2D eigenvalue weighted by molar-refractivity contribution is -0.113. The van der Waals surface area contributed by atoms with Crippen LogP contribution in [0.2, 0.25) is 10.0 Å². The van der Waals surface area contributed by atoms with Crippen LogP contribution in [0, 0.1) is 0 Å². The molecule has 0 fully saturated rings. The molecule has 174 valence electrons. The predicted octanol–water partition coefficient (Wildman–Crippen LogP) is 3.32. The molecule has 0 unspecified atom stereocenters. The van der Waals surface area contributed by atoms with Crippen molar-refractivity contribution in [2.75, 3.05) is 24.8 Å². The van der Waals surface area contributed by atoms with Gasteiger partial charge in [-0.25, -0.2) is 0 Å². The Bertz CT molecular complexity index is 1140. The first-order chi connectivity index (χ1) is 15.8. The summed E-state index contributed by atoms with van der Waals surface area (Å²) in [6, 6.07) is 10.7. The summed E-state index contributed by atoms with van der Waals surface area (Å²) >= 11 is 13.2. The first-order valence-corrected chi connectivity index (χ1v) is 11.4. The number of thioether (sulfide) groups is 1. The molecule has 0 spiro atoms. The van der Waals surface area contributed by atoms with E-state index in [-0.39, 0.29) is 29.2 Å². The van der Waals surface area contributed by atoms with Crippen molar-refractivity contribution in [1.82, 2.24) is 20.1 Å². The minimum Gasteiger partial charge on any atom is -0.497 e. The number of carbonyl (C=O) groups is 2. The highest BCUT2D eigenvalue weighted by atomic mass is 35.5. The lowest BCUT2D eigenvalue weighted by atomic mass is 10.2. The van der Waals surface area contributed by atoms with Gasteiger partial charge in [-0.1, -0.05) is 41.0 Å². The summed E-state index contributed by atoms with van der Waals surface area (Å²) in [5, 5.41) is 24.4. The Morgan fingerprint density at radius 2 is 1.91 bits per heavy atom. The van der Waals surface area contributed by atoms with Gasteiger partial charge in [-0.05, 0) is 36.4 Å². The molecular formula is C21H21Cl2N5O4S. The molecule has 3 N–H and O–H groups in total. The average molecular weight is 510 g/mol. The Labute approximate surface area is 204 Å². The lowest BCUT2D eigenvalue weighted by Crippen LogP contribution is -2.32. The zero-order chi connectivity index (χ0) is 24.0. The van der Waals surface area contributed by atoms with Crippen LogP contribution in [0.1, 0.15) is 22.2 Å². The number of nitrogens with one attached hydrogen (secondary N) is 2. The molecule has 1 atom stereocenters. The van der Waals surface area contributed by atoms with Gasteiger partial charge in [0, 0.05) is 12.6 Å². The number of nitrogens with zero attached hydrogens (tertiary/aromatic N) is 3. The summed E-state index contributed by atoms with van der Waals surface area (Å²) < 4.78 is 6.70. The first-order valence-electron chi connectivity index (χ1n) is 9.65. The monoisotopic (exact) mass is 509 g/mol. The Morgan fingerprint density at radius 1 is 1.18 bits per heavy atom. The Balaban J connectivity index is 1.62. The topological polar surface area (TPSA) is 118 Å². The number of aliphatic hydroxyl groups is 1.